The van der Waals surface area contributed by atoms with E-state index in [0.29, 0.717) is 0 Å². The summed E-state index contributed by atoms with van der Waals surface area (Å²) in [4.78, 5) is 23.2. The Labute approximate surface area is 151 Å². The van der Waals surface area contributed by atoms with Crippen LogP contribution in [0.2, 0.25) is 5.02 Å². The summed E-state index contributed by atoms with van der Waals surface area (Å²) in [5.41, 5.74) is 4.28. The molecule has 0 fully saturated rings. The van der Waals surface area contributed by atoms with Crippen LogP contribution < -0.4 is 15.8 Å². The van der Waals surface area contributed by atoms with Crippen LogP contribution in [0, 0.1) is 0 Å². The highest BCUT2D eigenvalue weighted by Crippen LogP contribution is 2.33. The first-order chi connectivity index (χ1) is 12.1. The minimum atomic E-state index is -4.56. The van der Waals surface area contributed by atoms with E-state index >= 15 is 0 Å². The van der Waals surface area contributed by atoms with Crippen molar-refractivity contribution in [2.75, 3.05) is 5.32 Å². The summed E-state index contributed by atoms with van der Waals surface area (Å²) >= 11 is 5.84. The van der Waals surface area contributed by atoms with Crippen molar-refractivity contribution in [2.24, 2.45) is 5.73 Å². The van der Waals surface area contributed by atoms with Crippen LogP contribution in [0.5, 0.6) is 5.75 Å². The Kier molecular flexibility index (Phi) is 5.76. The van der Waals surface area contributed by atoms with Gasteiger partial charge in [0.2, 0.25) is 5.91 Å². The normalized spacial score (nSPS) is 12.3. The lowest BCUT2D eigenvalue weighted by Gasteiger charge is -2.16. The predicted octanol–water partition coefficient (Wildman–Crippen LogP) is 3.86. The van der Waals surface area contributed by atoms with Crippen LogP contribution in [0.4, 0.5) is 18.9 Å². The van der Waals surface area contributed by atoms with E-state index in [1.54, 1.807) is 0 Å². The summed E-state index contributed by atoms with van der Waals surface area (Å²) in [5, 5.41) is 2.26. The molecule has 1 atom stereocenters. The van der Waals surface area contributed by atoms with Crippen LogP contribution in [0.15, 0.2) is 42.5 Å². The first-order valence-electron chi connectivity index (χ1n) is 7.32. The van der Waals surface area contributed by atoms with Gasteiger partial charge in [0.05, 0.1) is 16.3 Å². The van der Waals surface area contributed by atoms with Gasteiger partial charge in [0.25, 0.3) is 5.91 Å². The number of hydrogen-bond acceptors (Lipinski definition) is 3. The Hall–Kier alpha value is -2.74. The number of benzene rings is 2. The quantitative estimate of drug-likeness (QED) is 0.818. The molecular weight excluding hydrogens is 373 g/mol. The van der Waals surface area contributed by atoms with Gasteiger partial charge >= 0.3 is 6.18 Å². The Morgan fingerprint density at radius 3 is 2.31 bits per heavy atom. The molecule has 0 spiro atoms. The van der Waals surface area contributed by atoms with Gasteiger partial charge in [0.1, 0.15) is 5.75 Å². The molecule has 3 N–H and O–H groups in total. The number of ether oxygens (including phenoxy) is 1. The third kappa shape index (κ3) is 4.89. The lowest BCUT2D eigenvalue weighted by atomic mass is 10.2. The number of nitrogens with one attached hydrogen (secondary N) is 1. The molecule has 2 rings (SSSR count). The number of rotatable bonds is 5. The number of anilines is 1. The average Bonchev–Trinajstić information content (AvgIpc) is 2.56. The molecule has 0 saturated heterocycles. The van der Waals surface area contributed by atoms with Gasteiger partial charge in [-0.25, -0.2) is 0 Å². The van der Waals surface area contributed by atoms with Crippen molar-refractivity contribution in [3.8, 4) is 5.75 Å². The van der Waals surface area contributed by atoms with Gasteiger partial charge in [-0.3, -0.25) is 9.59 Å². The fourth-order valence-corrected chi connectivity index (χ4v) is 2.15. The molecule has 5 nitrogen and oxygen atoms in total. The number of carbonyl (C=O) groups excluding carboxylic acids is 2. The van der Waals surface area contributed by atoms with Crippen molar-refractivity contribution < 1.29 is 27.5 Å². The summed E-state index contributed by atoms with van der Waals surface area (Å²) in [5.74, 6) is -1.01. The summed E-state index contributed by atoms with van der Waals surface area (Å²) in [6, 6.07) is 8.35. The highest BCUT2D eigenvalue weighted by atomic mass is 35.5. The van der Waals surface area contributed by atoms with E-state index in [2.05, 4.69) is 5.32 Å². The Morgan fingerprint density at radius 2 is 1.77 bits per heavy atom. The zero-order valence-corrected chi connectivity index (χ0v) is 14.2. The van der Waals surface area contributed by atoms with Crippen molar-refractivity contribution in [1.29, 1.82) is 0 Å². The van der Waals surface area contributed by atoms with E-state index < -0.39 is 29.7 Å². The molecule has 138 valence electrons. The van der Waals surface area contributed by atoms with Crippen molar-refractivity contribution >= 4 is 29.1 Å². The topological polar surface area (TPSA) is 81.4 Å². The fourth-order valence-electron chi connectivity index (χ4n) is 1.99. The standard InChI is InChI=1S/C17H14ClF3N2O3/c1-9(26-12-5-2-10(3-6-12)15(22)24)16(25)23-14-8-11(17(19,20)21)4-7-13(14)18/h2-9H,1H3,(H2,22,24)(H,23,25)/t9-/m1/s1. The molecule has 0 unspecified atom stereocenters. The second-order valence-electron chi connectivity index (χ2n) is 5.33. The van der Waals surface area contributed by atoms with Gasteiger partial charge in [-0.15, -0.1) is 0 Å². The Balaban J connectivity index is 2.08. The number of halogens is 4. The third-order valence-corrected chi connectivity index (χ3v) is 3.70. The molecule has 0 aliphatic carbocycles. The number of primary amides is 1. The maximum absolute atomic E-state index is 12.8. The molecule has 0 aliphatic rings. The van der Waals surface area contributed by atoms with Gasteiger partial charge in [-0.2, -0.15) is 13.2 Å². The fraction of sp³-hybridized carbons (Fsp3) is 0.176. The van der Waals surface area contributed by atoms with Crippen molar-refractivity contribution in [3.05, 3.63) is 58.6 Å². The third-order valence-electron chi connectivity index (χ3n) is 3.37. The lowest BCUT2D eigenvalue weighted by Crippen LogP contribution is -2.30. The summed E-state index contributed by atoms with van der Waals surface area (Å²) in [6.45, 7) is 1.42. The van der Waals surface area contributed by atoms with E-state index in [1.165, 1.54) is 31.2 Å². The van der Waals surface area contributed by atoms with Gasteiger partial charge in [-0.05, 0) is 49.4 Å². The number of amides is 2. The molecule has 2 amide bonds. The van der Waals surface area contributed by atoms with E-state index in [9.17, 15) is 22.8 Å². The number of nitrogens with two attached hydrogens (primary N) is 1. The number of hydrogen-bond donors (Lipinski definition) is 2. The molecule has 0 heterocycles. The minimum Gasteiger partial charge on any atom is -0.481 e. The molecule has 2 aromatic rings. The first kappa shape index (κ1) is 19.6. The van der Waals surface area contributed by atoms with Gasteiger partial charge in [0, 0.05) is 5.56 Å². The Bertz CT molecular complexity index is 823. The van der Waals surface area contributed by atoms with Crippen molar-refractivity contribution in [3.63, 3.8) is 0 Å². The molecule has 0 radical (unpaired) electrons. The largest absolute Gasteiger partial charge is 0.481 e. The van der Waals surface area contributed by atoms with E-state index in [0.717, 1.165) is 18.2 Å². The molecule has 0 aliphatic heterocycles. The van der Waals surface area contributed by atoms with Gasteiger partial charge in [0.15, 0.2) is 6.10 Å². The SMILES string of the molecule is C[C@@H](Oc1ccc(C(N)=O)cc1)C(=O)Nc1cc(C(F)(F)F)ccc1Cl. The summed E-state index contributed by atoms with van der Waals surface area (Å²) in [7, 11) is 0. The highest BCUT2D eigenvalue weighted by Gasteiger charge is 2.31. The monoisotopic (exact) mass is 386 g/mol. The molecule has 2 aromatic carbocycles. The highest BCUT2D eigenvalue weighted by molar-refractivity contribution is 6.33. The first-order valence-corrected chi connectivity index (χ1v) is 7.70. The second kappa shape index (κ2) is 7.65. The van der Waals surface area contributed by atoms with E-state index in [1.807, 2.05) is 0 Å². The molecular formula is C17H14ClF3N2O3. The van der Waals surface area contributed by atoms with Gasteiger partial charge < -0.3 is 15.8 Å². The number of carbonyl (C=O) groups is 2. The molecule has 0 bridgehead atoms. The molecule has 0 saturated carbocycles. The average molecular weight is 387 g/mol. The maximum atomic E-state index is 12.8. The van der Waals surface area contributed by atoms with E-state index in [4.69, 9.17) is 22.1 Å². The minimum absolute atomic E-state index is 0.0376. The van der Waals surface area contributed by atoms with Crippen LogP contribution in [-0.2, 0) is 11.0 Å². The molecule has 0 aromatic heterocycles. The van der Waals surface area contributed by atoms with Gasteiger partial charge in [-0.1, -0.05) is 11.6 Å². The van der Waals surface area contributed by atoms with Crippen LogP contribution in [0.3, 0.4) is 0 Å². The molecule has 9 heteroatoms. The maximum Gasteiger partial charge on any atom is 0.416 e. The zero-order chi connectivity index (χ0) is 19.5. The predicted molar refractivity (Wildman–Crippen MR) is 90.1 cm³/mol. The summed E-state index contributed by atoms with van der Waals surface area (Å²) < 4.78 is 43.7. The Morgan fingerprint density at radius 1 is 1.15 bits per heavy atom. The van der Waals surface area contributed by atoms with E-state index in [-0.39, 0.29) is 22.0 Å². The summed E-state index contributed by atoms with van der Waals surface area (Å²) in [6.07, 6.45) is -5.59. The van der Waals surface area contributed by atoms with Crippen molar-refractivity contribution in [1.82, 2.24) is 0 Å². The lowest BCUT2D eigenvalue weighted by molar-refractivity contribution is -0.137. The van der Waals surface area contributed by atoms with Crippen LogP contribution in [0.25, 0.3) is 0 Å². The van der Waals surface area contributed by atoms with Crippen LogP contribution in [-0.4, -0.2) is 17.9 Å². The van der Waals surface area contributed by atoms with Crippen LogP contribution in [0.1, 0.15) is 22.8 Å². The number of alkyl halides is 3. The smallest absolute Gasteiger partial charge is 0.416 e. The zero-order valence-electron chi connectivity index (χ0n) is 13.4. The second-order valence-corrected chi connectivity index (χ2v) is 5.74. The van der Waals surface area contributed by atoms with Crippen LogP contribution >= 0.6 is 11.6 Å². The molecule has 26 heavy (non-hydrogen) atoms. The van der Waals surface area contributed by atoms with Crippen molar-refractivity contribution in [2.45, 2.75) is 19.2 Å².